The average Bonchev–Trinajstić information content (AvgIpc) is 2.39. The molecular weight excluding hydrogens is 264 g/mol. The minimum Gasteiger partial charge on any atom is -0.462 e. The van der Waals surface area contributed by atoms with Gasteiger partial charge < -0.3 is 15.8 Å². The average molecular weight is 292 g/mol. The molecule has 4 nitrogen and oxygen atoms in total. The lowest BCUT2D eigenvalue weighted by Crippen LogP contribution is -2.25. The van der Waals surface area contributed by atoms with Crippen molar-refractivity contribution in [1.82, 2.24) is 0 Å². The Morgan fingerprint density at radius 1 is 1.24 bits per heavy atom. The Balaban J connectivity index is 2.90. The highest BCUT2D eigenvalue weighted by molar-refractivity contribution is 5.96. The summed E-state index contributed by atoms with van der Waals surface area (Å²) in [5.41, 5.74) is 7.63. The minimum atomic E-state index is -0.335. The van der Waals surface area contributed by atoms with Gasteiger partial charge in [-0.3, -0.25) is 0 Å². The second-order valence-corrected chi connectivity index (χ2v) is 6.06. The molecule has 21 heavy (non-hydrogen) atoms. The maximum atomic E-state index is 12.0. The fraction of sp³-hybridized carbons (Fsp3) is 0.588. The van der Waals surface area contributed by atoms with Crippen molar-refractivity contribution in [3.63, 3.8) is 0 Å². The van der Waals surface area contributed by atoms with E-state index < -0.39 is 0 Å². The summed E-state index contributed by atoms with van der Waals surface area (Å²) >= 11 is 0. The number of carbonyl (C=O) groups excluding carboxylic acids is 1. The van der Waals surface area contributed by atoms with Gasteiger partial charge in [0.1, 0.15) is 0 Å². The number of nitrogen functional groups attached to an aromatic ring is 1. The number of rotatable bonds is 7. The van der Waals surface area contributed by atoms with Gasteiger partial charge in [0.15, 0.2) is 0 Å². The molecule has 0 fully saturated rings. The maximum Gasteiger partial charge on any atom is 0.340 e. The molecule has 0 amide bonds. The van der Waals surface area contributed by atoms with E-state index >= 15 is 0 Å². The summed E-state index contributed by atoms with van der Waals surface area (Å²) < 4.78 is 5.09. The van der Waals surface area contributed by atoms with E-state index in [1.54, 1.807) is 19.1 Å². The lowest BCUT2D eigenvalue weighted by molar-refractivity contribution is 0.0527. The highest BCUT2D eigenvalue weighted by Gasteiger charge is 2.19. The van der Waals surface area contributed by atoms with Gasteiger partial charge in [0.05, 0.1) is 12.2 Å². The monoisotopic (exact) mass is 292 g/mol. The van der Waals surface area contributed by atoms with Gasteiger partial charge in [-0.2, -0.15) is 0 Å². The first kappa shape index (κ1) is 17.3. The van der Waals surface area contributed by atoms with Crippen molar-refractivity contribution in [2.45, 2.75) is 34.6 Å². The summed E-state index contributed by atoms with van der Waals surface area (Å²) in [4.78, 5) is 12.0. The Morgan fingerprint density at radius 3 is 2.38 bits per heavy atom. The number of hydrogen-bond acceptors (Lipinski definition) is 4. The number of nitrogens with one attached hydrogen (secondary N) is 1. The van der Waals surface area contributed by atoms with Crippen molar-refractivity contribution in [1.29, 1.82) is 0 Å². The van der Waals surface area contributed by atoms with Gasteiger partial charge in [-0.25, -0.2) is 4.79 Å². The first-order valence-corrected chi connectivity index (χ1v) is 7.67. The molecule has 4 heteroatoms. The van der Waals surface area contributed by atoms with E-state index in [0.29, 0.717) is 35.6 Å². The molecule has 0 aliphatic carbocycles. The molecular formula is C17H28N2O2. The standard InChI is InChI=1S/C17H28N2O2/c1-6-21-17(20)14-9-13(18)7-8-16(14)19-10-15(11(2)3)12(4)5/h7-9,11-12,15,19H,6,10,18H2,1-5H3. The molecule has 1 aromatic rings. The van der Waals surface area contributed by atoms with Gasteiger partial charge in [-0.15, -0.1) is 0 Å². The molecule has 0 saturated carbocycles. The zero-order chi connectivity index (χ0) is 16.0. The van der Waals surface area contributed by atoms with Crippen LogP contribution in [0.15, 0.2) is 18.2 Å². The molecule has 1 aromatic carbocycles. The third-order valence-corrected chi connectivity index (χ3v) is 3.78. The molecule has 0 saturated heterocycles. The summed E-state index contributed by atoms with van der Waals surface area (Å²) in [6.07, 6.45) is 0. The Morgan fingerprint density at radius 2 is 1.86 bits per heavy atom. The molecule has 0 bridgehead atoms. The van der Waals surface area contributed by atoms with Crippen LogP contribution in [0.5, 0.6) is 0 Å². The smallest absolute Gasteiger partial charge is 0.340 e. The van der Waals surface area contributed by atoms with Gasteiger partial charge in [0.2, 0.25) is 0 Å². The predicted octanol–water partition coefficient (Wildman–Crippen LogP) is 3.79. The van der Waals surface area contributed by atoms with Crippen molar-refractivity contribution < 1.29 is 9.53 Å². The topological polar surface area (TPSA) is 64.3 Å². The van der Waals surface area contributed by atoms with Crippen molar-refractivity contribution in [3.8, 4) is 0 Å². The zero-order valence-corrected chi connectivity index (χ0v) is 13.8. The van der Waals surface area contributed by atoms with E-state index in [-0.39, 0.29) is 5.97 Å². The minimum absolute atomic E-state index is 0.335. The van der Waals surface area contributed by atoms with Gasteiger partial charge in [0.25, 0.3) is 0 Å². The maximum absolute atomic E-state index is 12.0. The van der Waals surface area contributed by atoms with E-state index in [9.17, 15) is 4.79 Å². The normalized spacial score (nSPS) is 11.2. The van der Waals surface area contributed by atoms with Crippen molar-refractivity contribution in [3.05, 3.63) is 23.8 Å². The Labute approximate surface area is 128 Å². The Hall–Kier alpha value is -1.71. The molecule has 0 aliphatic rings. The third-order valence-electron chi connectivity index (χ3n) is 3.78. The number of carbonyl (C=O) groups is 1. The van der Waals surface area contributed by atoms with Crippen LogP contribution in [0.2, 0.25) is 0 Å². The van der Waals surface area contributed by atoms with Crippen LogP contribution in [0, 0.1) is 17.8 Å². The quantitative estimate of drug-likeness (QED) is 0.593. The number of nitrogens with two attached hydrogens (primary N) is 1. The molecule has 0 radical (unpaired) electrons. The van der Waals surface area contributed by atoms with Crippen LogP contribution in [-0.2, 0) is 4.74 Å². The molecule has 118 valence electrons. The number of hydrogen-bond donors (Lipinski definition) is 2. The first-order valence-electron chi connectivity index (χ1n) is 7.67. The van der Waals surface area contributed by atoms with Crippen LogP contribution in [0.3, 0.4) is 0 Å². The Bertz CT molecular complexity index is 462. The molecule has 0 heterocycles. The van der Waals surface area contributed by atoms with E-state index in [2.05, 4.69) is 33.0 Å². The third kappa shape index (κ3) is 4.96. The Kier molecular flexibility index (Phi) is 6.53. The summed E-state index contributed by atoms with van der Waals surface area (Å²) in [7, 11) is 0. The number of esters is 1. The summed E-state index contributed by atoms with van der Waals surface area (Å²) in [5.74, 6) is 1.37. The fourth-order valence-corrected chi connectivity index (χ4v) is 2.56. The van der Waals surface area contributed by atoms with Crippen LogP contribution in [0.4, 0.5) is 11.4 Å². The van der Waals surface area contributed by atoms with E-state index in [1.807, 2.05) is 6.07 Å². The molecule has 3 N–H and O–H groups in total. The van der Waals surface area contributed by atoms with Crippen molar-refractivity contribution in [2.24, 2.45) is 17.8 Å². The van der Waals surface area contributed by atoms with E-state index in [0.717, 1.165) is 12.2 Å². The van der Waals surface area contributed by atoms with Crippen LogP contribution in [-0.4, -0.2) is 19.1 Å². The van der Waals surface area contributed by atoms with Gasteiger partial charge in [0, 0.05) is 17.9 Å². The van der Waals surface area contributed by atoms with Crippen molar-refractivity contribution in [2.75, 3.05) is 24.2 Å². The number of benzene rings is 1. The van der Waals surface area contributed by atoms with Crippen LogP contribution < -0.4 is 11.1 Å². The van der Waals surface area contributed by atoms with E-state index in [1.165, 1.54) is 0 Å². The SMILES string of the molecule is CCOC(=O)c1cc(N)ccc1NCC(C(C)C)C(C)C. The van der Waals surface area contributed by atoms with Crippen LogP contribution in [0.25, 0.3) is 0 Å². The van der Waals surface area contributed by atoms with Crippen LogP contribution >= 0.6 is 0 Å². The summed E-state index contributed by atoms with van der Waals surface area (Å²) in [5, 5.41) is 3.39. The highest BCUT2D eigenvalue weighted by atomic mass is 16.5. The molecule has 0 atom stereocenters. The summed E-state index contributed by atoms with van der Waals surface area (Å²) in [6.45, 7) is 11.9. The number of anilines is 2. The van der Waals surface area contributed by atoms with Gasteiger partial charge in [-0.05, 0) is 42.9 Å². The largest absolute Gasteiger partial charge is 0.462 e. The lowest BCUT2D eigenvalue weighted by atomic mass is 9.85. The highest BCUT2D eigenvalue weighted by Crippen LogP contribution is 2.24. The van der Waals surface area contributed by atoms with Gasteiger partial charge in [-0.1, -0.05) is 27.7 Å². The van der Waals surface area contributed by atoms with E-state index in [4.69, 9.17) is 10.5 Å². The van der Waals surface area contributed by atoms with Gasteiger partial charge >= 0.3 is 5.97 Å². The van der Waals surface area contributed by atoms with Crippen LogP contribution in [0.1, 0.15) is 45.0 Å². The number of ether oxygens (including phenoxy) is 1. The fourth-order valence-electron chi connectivity index (χ4n) is 2.56. The second-order valence-electron chi connectivity index (χ2n) is 6.06. The predicted molar refractivity (Wildman–Crippen MR) is 88.5 cm³/mol. The second kappa shape index (κ2) is 7.91. The first-order chi connectivity index (χ1) is 9.86. The summed E-state index contributed by atoms with van der Waals surface area (Å²) in [6, 6.07) is 5.31. The molecule has 0 spiro atoms. The van der Waals surface area contributed by atoms with Crippen molar-refractivity contribution >= 4 is 17.3 Å². The lowest BCUT2D eigenvalue weighted by Gasteiger charge is -2.26. The molecule has 0 aromatic heterocycles. The molecule has 0 aliphatic heterocycles. The molecule has 1 rings (SSSR count). The molecule has 0 unspecified atom stereocenters. The zero-order valence-electron chi connectivity index (χ0n) is 13.8.